The third-order valence-corrected chi connectivity index (χ3v) is 4.10. The van der Waals surface area contributed by atoms with Gasteiger partial charge in [-0.05, 0) is 12.1 Å². The van der Waals surface area contributed by atoms with Crippen molar-refractivity contribution < 1.29 is 24.9 Å². The molecule has 0 unspecified atom stereocenters. The lowest BCUT2D eigenvalue weighted by Gasteiger charge is -2.34. The summed E-state index contributed by atoms with van der Waals surface area (Å²) in [6, 6.07) is 2.25. The highest BCUT2D eigenvalue weighted by molar-refractivity contribution is 5.96. The zero-order chi connectivity index (χ0) is 18.2. The van der Waals surface area contributed by atoms with Gasteiger partial charge in [0.15, 0.2) is 0 Å². The van der Waals surface area contributed by atoms with Gasteiger partial charge in [-0.1, -0.05) is 0 Å². The van der Waals surface area contributed by atoms with Gasteiger partial charge in [-0.25, -0.2) is 0 Å². The molecular weight excluding hydrogens is 328 g/mol. The molecule has 0 aromatic carbocycles. The summed E-state index contributed by atoms with van der Waals surface area (Å²) in [4.78, 5) is 32.2. The van der Waals surface area contributed by atoms with Crippen LogP contribution in [-0.2, 0) is 0 Å². The molecule has 1 aromatic heterocycles. The number of aliphatic hydroxyl groups excluding tert-OH is 3. The first-order valence-electron chi connectivity index (χ1n) is 8.20. The molecule has 0 spiro atoms. The van der Waals surface area contributed by atoms with E-state index in [-0.39, 0.29) is 37.0 Å². The van der Waals surface area contributed by atoms with E-state index < -0.39 is 11.9 Å². The predicted molar refractivity (Wildman–Crippen MR) is 89.1 cm³/mol. The zero-order valence-corrected chi connectivity index (χ0v) is 14.0. The van der Waals surface area contributed by atoms with E-state index >= 15 is 0 Å². The van der Waals surface area contributed by atoms with Gasteiger partial charge in [0.1, 0.15) is 5.69 Å². The van der Waals surface area contributed by atoms with Crippen LogP contribution < -0.4 is 5.32 Å². The number of carbonyl (C=O) groups is 2. The van der Waals surface area contributed by atoms with Gasteiger partial charge in [0.25, 0.3) is 11.8 Å². The average Bonchev–Trinajstić information content (AvgIpc) is 2.66. The standard InChI is InChI=1S/C16H24N4O5/c21-8-7-19-3-5-20(6-4-19)16(25)14-2-1-12(9-17-14)15(24)18-13(10-22)11-23/h1-2,9,13,21-23H,3-8,10-11H2,(H,18,24). The lowest BCUT2D eigenvalue weighted by molar-refractivity contribution is 0.0609. The van der Waals surface area contributed by atoms with Gasteiger partial charge in [0.05, 0.1) is 31.4 Å². The number of aromatic nitrogens is 1. The number of rotatable bonds is 7. The number of nitrogens with zero attached hydrogens (tertiary/aromatic N) is 3. The Balaban J connectivity index is 1.93. The van der Waals surface area contributed by atoms with E-state index in [9.17, 15) is 9.59 Å². The molecule has 1 fully saturated rings. The van der Waals surface area contributed by atoms with Crippen molar-refractivity contribution in [2.75, 3.05) is 52.5 Å². The molecule has 138 valence electrons. The number of hydrogen-bond donors (Lipinski definition) is 4. The summed E-state index contributed by atoms with van der Waals surface area (Å²) in [6.07, 6.45) is 1.30. The molecule has 9 nitrogen and oxygen atoms in total. The Morgan fingerprint density at radius 3 is 2.32 bits per heavy atom. The van der Waals surface area contributed by atoms with Crippen LogP contribution in [0.4, 0.5) is 0 Å². The lowest BCUT2D eigenvalue weighted by atomic mass is 10.2. The molecule has 0 atom stereocenters. The fourth-order valence-corrected chi connectivity index (χ4v) is 2.55. The van der Waals surface area contributed by atoms with Gasteiger partial charge in [0, 0.05) is 38.9 Å². The van der Waals surface area contributed by atoms with Crippen molar-refractivity contribution in [1.29, 1.82) is 0 Å². The van der Waals surface area contributed by atoms with Crippen LogP contribution in [0.3, 0.4) is 0 Å². The third kappa shape index (κ3) is 5.20. The number of β-amino-alcohol motifs (C(OH)–C–C–N with tert-alkyl or cyclic N) is 1. The van der Waals surface area contributed by atoms with E-state index in [4.69, 9.17) is 15.3 Å². The fourth-order valence-electron chi connectivity index (χ4n) is 2.55. The Bertz CT molecular complexity index is 568. The predicted octanol–water partition coefficient (Wildman–Crippen LogP) is -2.09. The van der Waals surface area contributed by atoms with Crippen LogP contribution >= 0.6 is 0 Å². The van der Waals surface area contributed by atoms with Gasteiger partial charge < -0.3 is 25.5 Å². The van der Waals surface area contributed by atoms with E-state index in [1.54, 1.807) is 4.90 Å². The Kier molecular flexibility index (Phi) is 7.26. The van der Waals surface area contributed by atoms with Gasteiger partial charge in [0.2, 0.25) is 0 Å². The summed E-state index contributed by atoms with van der Waals surface area (Å²) in [5.74, 6) is -0.670. The summed E-state index contributed by atoms with van der Waals surface area (Å²) in [7, 11) is 0. The molecule has 0 bridgehead atoms. The van der Waals surface area contributed by atoms with E-state index in [1.165, 1.54) is 18.3 Å². The smallest absolute Gasteiger partial charge is 0.272 e. The average molecular weight is 352 g/mol. The second kappa shape index (κ2) is 9.42. The van der Waals surface area contributed by atoms with E-state index in [1.807, 2.05) is 0 Å². The monoisotopic (exact) mass is 352 g/mol. The van der Waals surface area contributed by atoms with Gasteiger partial charge in [-0.2, -0.15) is 0 Å². The van der Waals surface area contributed by atoms with Crippen molar-refractivity contribution in [3.05, 3.63) is 29.6 Å². The minimum absolute atomic E-state index is 0.104. The second-order valence-corrected chi connectivity index (χ2v) is 5.83. The van der Waals surface area contributed by atoms with Crippen molar-refractivity contribution in [2.45, 2.75) is 6.04 Å². The van der Waals surface area contributed by atoms with Crippen molar-refractivity contribution in [2.24, 2.45) is 0 Å². The summed E-state index contributed by atoms with van der Waals surface area (Å²) in [5.41, 5.74) is 0.504. The molecule has 1 aliphatic rings. The summed E-state index contributed by atoms with van der Waals surface area (Å²) in [5, 5.41) is 29.4. The highest BCUT2D eigenvalue weighted by Crippen LogP contribution is 2.08. The number of hydrogen-bond acceptors (Lipinski definition) is 7. The molecule has 4 N–H and O–H groups in total. The van der Waals surface area contributed by atoms with Gasteiger partial charge in [-0.3, -0.25) is 19.5 Å². The maximum absolute atomic E-state index is 12.4. The topological polar surface area (TPSA) is 126 Å². The highest BCUT2D eigenvalue weighted by atomic mass is 16.3. The molecule has 9 heteroatoms. The van der Waals surface area contributed by atoms with Crippen LogP contribution in [-0.4, -0.2) is 101 Å². The Hall–Kier alpha value is -2.07. The summed E-state index contributed by atoms with van der Waals surface area (Å²) < 4.78 is 0. The van der Waals surface area contributed by atoms with Crippen LogP contribution in [0.2, 0.25) is 0 Å². The largest absolute Gasteiger partial charge is 0.395 e. The number of pyridine rings is 1. The minimum Gasteiger partial charge on any atom is -0.395 e. The van der Waals surface area contributed by atoms with Crippen LogP contribution in [0.5, 0.6) is 0 Å². The maximum atomic E-state index is 12.4. The molecule has 2 rings (SSSR count). The first kappa shape index (κ1) is 19.3. The van der Waals surface area contributed by atoms with Gasteiger partial charge >= 0.3 is 0 Å². The molecule has 1 aliphatic heterocycles. The van der Waals surface area contributed by atoms with Crippen LogP contribution in [0.1, 0.15) is 20.8 Å². The first-order valence-corrected chi connectivity index (χ1v) is 8.20. The normalized spacial score (nSPS) is 15.4. The van der Waals surface area contributed by atoms with Crippen LogP contribution in [0.15, 0.2) is 18.3 Å². The van der Waals surface area contributed by atoms with Crippen molar-refractivity contribution in [1.82, 2.24) is 20.1 Å². The molecule has 0 radical (unpaired) electrons. The molecule has 0 saturated carbocycles. The van der Waals surface area contributed by atoms with Crippen LogP contribution in [0, 0.1) is 0 Å². The Labute approximate surface area is 145 Å². The van der Waals surface area contributed by atoms with Crippen molar-refractivity contribution in [3.63, 3.8) is 0 Å². The van der Waals surface area contributed by atoms with Gasteiger partial charge in [-0.15, -0.1) is 0 Å². The third-order valence-electron chi connectivity index (χ3n) is 4.10. The number of nitrogens with one attached hydrogen (secondary N) is 1. The fraction of sp³-hybridized carbons (Fsp3) is 0.562. The van der Waals surface area contributed by atoms with E-state index in [2.05, 4.69) is 15.2 Å². The second-order valence-electron chi connectivity index (χ2n) is 5.83. The number of aliphatic hydroxyl groups is 3. The molecular formula is C16H24N4O5. The van der Waals surface area contributed by atoms with Crippen LogP contribution in [0.25, 0.3) is 0 Å². The van der Waals surface area contributed by atoms with E-state index in [0.717, 1.165) is 0 Å². The maximum Gasteiger partial charge on any atom is 0.272 e. The summed E-state index contributed by atoms with van der Waals surface area (Å²) >= 11 is 0. The summed E-state index contributed by atoms with van der Waals surface area (Å²) in [6.45, 7) is 2.52. The first-order chi connectivity index (χ1) is 12.1. The minimum atomic E-state index is -0.732. The number of piperazine rings is 1. The number of carbonyl (C=O) groups excluding carboxylic acids is 2. The quantitative estimate of drug-likeness (QED) is 0.443. The molecule has 2 amide bonds. The molecule has 1 aromatic rings. The molecule has 25 heavy (non-hydrogen) atoms. The number of amides is 2. The SMILES string of the molecule is O=C(NC(CO)CO)c1ccc(C(=O)N2CCN(CCO)CC2)nc1. The molecule has 2 heterocycles. The lowest BCUT2D eigenvalue weighted by Crippen LogP contribution is -2.49. The Morgan fingerprint density at radius 2 is 1.80 bits per heavy atom. The Morgan fingerprint density at radius 1 is 1.12 bits per heavy atom. The highest BCUT2D eigenvalue weighted by Gasteiger charge is 2.23. The zero-order valence-electron chi connectivity index (χ0n) is 14.0. The molecule has 0 aliphatic carbocycles. The molecule has 1 saturated heterocycles. The van der Waals surface area contributed by atoms with E-state index in [0.29, 0.717) is 32.7 Å². The van der Waals surface area contributed by atoms with Crippen molar-refractivity contribution >= 4 is 11.8 Å². The van der Waals surface area contributed by atoms with Crippen molar-refractivity contribution in [3.8, 4) is 0 Å².